The van der Waals surface area contributed by atoms with Gasteiger partial charge in [-0.3, -0.25) is 9.78 Å². The van der Waals surface area contributed by atoms with Crippen molar-refractivity contribution in [2.75, 3.05) is 0 Å². The maximum atomic E-state index is 12.7. The van der Waals surface area contributed by atoms with Gasteiger partial charge in [-0.25, -0.2) is 0 Å². The molecule has 2 rings (SSSR count). The molecule has 0 bridgehead atoms. The van der Waals surface area contributed by atoms with Crippen LogP contribution in [-0.4, -0.2) is 27.7 Å². The second kappa shape index (κ2) is 6.91. The molecule has 120 valence electrons. The molecule has 0 amide bonds. The van der Waals surface area contributed by atoms with Crippen LogP contribution in [0.15, 0.2) is 46.2 Å². The molecule has 0 unspecified atom stereocenters. The summed E-state index contributed by atoms with van der Waals surface area (Å²) in [5, 5.41) is 13.8. The van der Waals surface area contributed by atoms with Gasteiger partial charge in [-0.15, -0.1) is 0 Å². The molecule has 1 aromatic heterocycles. The first kappa shape index (κ1) is 17.1. The van der Waals surface area contributed by atoms with Crippen molar-refractivity contribution in [3.63, 3.8) is 0 Å². The molecule has 0 aliphatic heterocycles. The molecule has 0 spiro atoms. The number of aromatic hydroxyl groups is 1. The number of nitrogens with zero attached hydrogens (tertiary/aromatic N) is 2. The van der Waals surface area contributed by atoms with Gasteiger partial charge in [0.25, 0.3) is 0 Å². The summed E-state index contributed by atoms with van der Waals surface area (Å²) in [6.07, 6.45) is 2.96. The van der Waals surface area contributed by atoms with Gasteiger partial charge < -0.3 is 9.94 Å². The third-order valence-corrected chi connectivity index (χ3v) is 3.27. The van der Waals surface area contributed by atoms with Gasteiger partial charge in [0.15, 0.2) is 0 Å². The Kier molecular flexibility index (Phi) is 5.15. The van der Waals surface area contributed by atoms with Crippen molar-refractivity contribution in [1.82, 2.24) is 4.98 Å². The smallest absolute Gasteiger partial charge is 0.215 e. The van der Waals surface area contributed by atoms with E-state index in [4.69, 9.17) is 4.84 Å². The Bertz CT molecular complexity index is 752. The number of phenols is 1. The van der Waals surface area contributed by atoms with E-state index < -0.39 is 5.60 Å². The van der Waals surface area contributed by atoms with Gasteiger partial charge in [0.05, 0.1) is 11.8 Å². The summed E-state index contributed by atoms with van der Waals surface area (Å²) >= 11 is 3.29. The van der Waals surface area contributed by atoms with Crippen LogP contribution in [0.25, 0.3) is 0 Å². The lowest BCUT2D eigenvalue weighted by Crippen LogP contribution is -2.16. The highest BCUT2D eigenvalue weighted by Gasteiger charge is 2.18. The van der Waals surface area contributed by atoms with E-state index in [2.05, 4.69) is 26.1 Å². The van der Waals surface area contributed by atoms with Gasteiger partial charge >= 0.3 is 0 Å². The van der Waals surface area contributed by atoms with Crippen LogP contribution in [0.3, 0.4) is 0 Å². The molecular formula is C17H17BrN2O3. The molecule has 0 aliphatic carbocycles. The van der Waals surface area contributed by atoms with Crippen LogP contribution in [0.1, 0.15) is 42.4 Å². The maximum Gasteiger partial charge on any atom is 0.215 e. The Morgan fingerprint density at radius 2 is 2.09 bits per heavy atom. The predicted molar refractivity (Wildman–Crippen MR) is 91.9 cm³/mol. The summed E-state index contributed by atoms with van der Waals surface area (Å²) in [7, 11) is 0. The first-order valence-electron chi connectivity index (χ1n) is 6.98. The molecule has 23 heavy (non-hydrogen) atoms. The number of carbonyl (C=O) groups is 1. The molecule has 5 nitrogen and oxygen atoms in total. The molecular weight excluding hydrogens is 360 g/mol. The van der Waals surface area contributed by atoms with Crippen LogP contribution >= 0.6 is 15.9 Å². The van der Waals surface area contributed by atoms with Gasteiger partial charge in [-0.1, -0.05) is 21.1 Å². The minimum Gasteiger partial charge on any atom is -0.507 e. The first-order chi connectivity index (χ1) is 10.8. The Morgan fingerprint density at radius 3 is 2.78 bits per heavy atom. The van der Waals surface area contributed by atoms with E-state index in [1.54, 1.807) is 24.3 Å². The minimum absolute atomic E-state index is 0.0994. The quantitative estimate of drug-likeness (QED) is 0.498. The van der Waals surface area contributed by atoms with Crippen molar-refractivity contribution in [3.05, 3.63) is 57.8 Å². The zero-order valence-electron chi connectivity index (χ0n) is 13.1. The van der Waals surface area contributed by atoms with Gasteiger partial charge in [-0.2, -0.15) is 0 Å². The number of hydrogen-bond donors (Lipinski definition) is 1. The molecule has 1 heterocycles. The molecule has 1 aromatic carbocycles. The molecule has 0 atom stereocenters. The van der Waals surface area contributed by atoms with E-state index in [0.29, 0.717) is 10.0 Å². The number of hydrogen-bond acceptors (Lipinski definition) is 5. The highest BCUT2D eigenvalue weighted by atomic mass is 79.9. The lowest BCUT2D eigenvalue weighted by molar-refractivity contribution is 0.00199. The van der Waals surface area contributed by atoms with Crippen molar-refractivity contribution in [1.29, 1.82) is 0 Å². The van der Waals surface area contributed by atoms with Crippen LogP contribution < -0.4 is 0 Å². The van der Waals surface area contributed by atoms with Crippen molar-refractivity contribution in [2.24, 2.45) is 5.16 Å². The third-order valence-electron chi connectivity index (χ3n) is 2.78. The number of oxime groups is 1. The normalized spacial score (nSPS) is 11.7. The summed E-state index contributed by atoms with van der Waals surface area (Å²) in [5.41, 5.74) is 0.457. The Labute approximate surface area is 143 Å². The molecule has 0 aliphatic rings. The highest BCUT2D eigenvalue weighted by molar-refractivity contribution is 9.10. The Hall–Kier alpha value is -2.21. The largest absolute Gasteiger partial charge is 0.507 e. The lowest BCUT2D eigenvalue weighted by atomic mass is 10.0. The second-order valence-corrected chi connectivity index (χ2v) is 6.79. The minimum atomic E-state index is -0.425. The average molecular weight is 377 g/mol. The van der Waals surface area contributed by atoms with Gasteiger partial charge in [-0.05, 0) is 51.1 Å². The van der Waals surface area contributed by atoms with Crippen LogP contribution in [0.4, 0.5) is 0 Å². The lowest BCUT2D eigenvalue weighted by Gasteiger charge is -2.15. The molecule has 0 saturated carbocycles. The van der Waals surface area contributed by atoms with Crippen LogP contribution in [0, 0.1) is 0 Å². The van der Waals surface area contributed by atoms with E-state index in [1.807, 2.05) is 20.8 Å². The number of rotatable bonds is 4. The molecule has 0 fully saturated rings. The van der Waals surface area contributed by atoms with Crippen molar-refractivity contribution in [2.45, 2.75) is 26.4 Å². The number of phenolic OH excluding ortho intramolecular Hbond substituents is 1. The summed E-state index contributed by atoms with van der Waals surface area (Å²) < 4.78 is 0.695. The predicted octanol–water partition coefficient (Wildman–Crippen LogP) is 3.93. The fourth-order valence-electron chi connectivity index (χ4n) is 1.77. The Balaban J connectivity index is 2.36. The summed E-state index contributed by atoms with van der Waals surface area (Å²) in [5.74, 6) is -0.487. The van der Waals surface area contributed by atoms with Crippen LogP contribution in [-0.2, 0) is 4.84 Å². The average Bonchev–Trinajstić information content (AvgIpc) is 2.48. The fraction of sp³-hybridized carbons (Fsp3) is 0.235. The number of benzene rings is 1. The molecule has 0 radical (unpaired) electrons. The molecule has 1 N–H and O–H groups in total. The van der Waals surface area contributed by atoms with Gasteiger partial charge in [0.2, 0.25) is 5.78 Å². The van der Waals surface area contributed by atoms with E-state index in [0.717, 1.165) is 0 Å². The fourth-order valence-corrected chi connectivity index (χ4v) is 2.13. The number of pyridine rings is 1. The SMILES string of the molecule is CC(C)(C)ON=Cc1cccnc1C(=O)c1cc(Br)ccc1O. The van der Waals surface area contributed by atoms with E-state index >= 15 is 0 Å². The first-order valence-corrected chi connectivity index (χ1v) is 7.77. The van der Waals surface area contributed by atoms with Crippen molar-refractivity contribution in [3.8, 4) is 5.75 Å². The Morgan fingerprint density at radius 1 is 1.35 bits per heavy atom. The van der Waals surface area contributed by atoms with Crippen LogP contribution in [0.2, 0.25) is 0 Å². The van der Waals surface area contributed by atoms with Crippen molar-refractivity contribution >= 4 is 27.9 Å². The third kappa shape index (κ3) is 4.63. The second-order valence-electron chi connectivity index (χ2n) is 5.87. The zero-order valence-corrected chi connectivity index (χ0v) is 14.7. The number of halogens is 1. The molecule has 0 saturated heterocycles. The summed E-state index contributed by atoms with van der Waals surface area (Å²) in [6, 6.07) is 8.08. The highest BCUT2D eigenvalue weighted by Crippen LogP contribution is 2.24. The van der Waals surface area contributed by atoms with E-state index in [9.17, 15) is 9.90 Å². The van der Waals surface area contributed by atoms with Crippen molar-refractivity contribution < 1.29 is 14.7 Å². The standard InChI is InChI=1S/C17H17BrN2O3/c1-17(2,3)23-20-10-11-5-4-8-19-15(11)16(22)13-9-12(18)6-7-14(13)21/h4-10,21H,1-3H3. The monoisotopic (exact) mass is 376 g/mol. The van der Waals surface area contributed by atoms with E-state index in [-0.39, 0.29) is 22.8 Å². The summed E-state index contributed by atoms with van der Waals surface area (Å²) in [6.45, 7) is 5.62. The van der Waals surface area contributed by atoms with Crippen LogP contribution in [0.5, 0.6) is 5.75 Å². The topological polar surface area (TPSA) is 71.8 Å². The van der Waals surface area contributed by atoms with Gasteiger partial charge in [0, 0.05) is 16.2 Å². The van der Waals surface area contributed by atoms with Gasteiger partial charge in [0.1, 0.15) is 17.0 Å². The zero-order chi connectivity index (χ0) is 17.0. The number of ketones is 1. The van der Waals surface area contributed by atoms with E-state index in [1.165, 1.54) is 18.5 Å². The molecule has 2 aromatic rings. The number of aromatic nitrogens is 1. The maximum absolute atomic E-state index is 12.7. The molecule has 6 heteroatoms. The summed E-state index contributed by atoms with van der Waals surface area (Å²) in [4.78, 5) is 22.1. The number of carbonyl (C=O) groups excluding carboxylic acids is 1.